The Labute approximate surface area is 173 Å². The molecule has 2 rings (SSSR count). The Morgan fingerprint density at radius 1 is 1.14 bits per heavy atom. The third-order valence-electron chi connectivity index (χ3n) is 4.32. The number of guanidine groups is 1. The second-order valence-corrected chi connectivity index (χ2v) is 7.95. The Morgan fingerprint density at radius 3 is 2.41 bits per heavy atom. The predicted octanol–water partition coefficient (Wildman–Crippen LogP) is 2.39. The van der Waals surface area contributed by atoms with Crippen molar-refractivity contribution in [2.24, 2.45) is 4.99 Å². The van der Waals surface area contributed by atoms with E-state index in [1.54, 1.807) is 7.05 Å². The second kappa shape index (κ2) is 10.7. The van der Waals surface area contributed by atoms with Crippen LogP contribution in [0.4, 0.5) is 10.5 Å². The van der Waals surface area contributed by atoms with Crippen molar-refractivity contribution in [3.05, 3.63) is 29.8 Å². The van der Waals surface area contributed by atoms with E-state index in [1.807, 2.05) is 49.9 Å². The monoisotopic (exact) mass is 403 g/mol. The third-order valence-corrected chi connectivity index (χ3v) is 4.32. The molecular formula is C21H33N5O3. The van der Waals surface area contributed by atoms with Gasteiger partial charge in [-0.2, -0.15) is 0 Å². The smallest absolute Gasteiger partial charge is 0.407 e. The maximum Gasteiger partial charge on any atom is 0.407 e. The van der Waals surface area contributed by atoms with Gasteiger partial charge in [0.25, 0.3) is 0 Å². The first-order valence-electron chi connectivity index (χ1n) is 10.1. The van der Waals surface area contributed by atoms with E-state index >= 15 is 0 Å². The normalized spacial score (nSPS) is 14.7. The van der Waals surface area contributed by atoms with Crippen molar-refractivity contribution in [1.29, 1.82) is 0 Å². The van der Waals surface area contributed by atoms with Crippen molar-refractivity contribution in [2.75, 3.05) is 31.6 Å². The lowest BCUT2D eigenvalue weighted by Crippen LogP contribution is -2.39. The Kier molecular flexibility index (Phi) is 8.30. The number of benzene rings is 1. The van der Waals surface area contributed by atoms with Crippen LogP contribution in [-0.4, -0.2) is 50.2 Å². The summed E-state index contributed by atoms with van der Waals surface area (Å²) in [6.07, 6.45) is 1.91. The highest BCUT2D eigenvalue weighted by Gasteiger charge is 2.21. The number of nitrogens with one attached hydrogen (secondary N) is 3. The van der Waals surface area contributed by atoms with E-state index in [0.717, 1.165) is 30.6 Å². The summed E-state index contributed by atoms with van der Waals surface area (Å²) in [5.74, 6) is 0.891. The first-order chi connectivity index (χ1) is 13.8. The van der Waals surface area contributed by atoms with Crippen LogP contribution in [0.2, 0.25) is 0 Å². The Bertz CT molecular complexity index is 710. The highest BCUT2D eigenvalue weighted by Crippen LogP contribution is 2.21. The van der Waals surface area contributed by atoms with Crippen LogP contribution in [0.5, 0.6) is 0 Å². The summed E-state index contributed by atoms with van der Waals surface area (Å²) in [6.45, 7) is 8.14. The number of hydrogen-bond donors (Lipinski definition) is 3. The van der Waals surface area contributed by atoms with Gasteiger partial charge in [0.05, 0.1) is 0 Å². The highest BCUT2D eigenvalue weighted by atomic mass is 16.6. The molecule has 29 heavy (non-hydrogen) atoms. The zero-order valence-electron chi connectivity index (χ0n) is 17.9. The highest BCUT2D eigenvalue weighted by molar-refractivity contribution is 5.95. The van der Waals surface area contributed by atoms with Crippen molar-refractivity contribution >= 4 is 23.6 Å². The van der Waals surface area contributed by atoms with Crippen LogP contribution in [0.15, 0.2) is 29.3 Å². The van der Waals surface area contributed by atoms with Gasteiger partial charge in [-0.1, -0.05) is 12.1 Å². The van der Waals surface area contributed by atoms with Crippen LogP contribution < -0.4 is 20.9 Å². The molecule has 0 radical (unpaired) electrons. The van der Waals surface area contributed by atoms with E-state index in [4.69, 9.17) is 4.74 Å². The van der Waals surface area contributed by atoms with E-state index in [9.17, 15) is 9.59 Å². The average molecular weight is 404 g/mol. The molecule has 1 aliphatic rings. The van der Waals surface area contributed by atoms with Crippen LogP contribution >= 0.6 is 0 Å². The minimum atomic E-state index is -0.490. The van der Waals surface area contributed by atoms with Crippen LogP contribution in [0, 0.1) is 0 Å². The quantitative estimate of drug-likeness (QED) is 0.369. The topological polar surface area (TPSA) is 95.1 Å². The molecule has 2 amide bonds. The third kappa shape index (κ3) is 8.01. The molecule has 0 saturated carbocycles. The number of hydrogen-bond acceptors (Lipinski definition) is 4. The molecular weight excluding hydrogens is 370 g/mol. The number of rotatable bonds is 7. The maximum atomic E-state index is 11.8. The first kappa shape index (κ1) is 22.5. The van der Waals surface area contributed by atoms with Crippen LogP contribution in [0.1, 0.15) is 45.6 Å². The van der Waals surface area contributed by atoms with E-state index in [1.165, 1.54) is 0 Å². The molecule has 0 aromatic heterocycles. The molecule has 1 aromatic carbocycles. The lowest BCUT2D eigenvalue weighted by atomic mass is 10.2. The van der Waals surface area contributed by atoms with Crippen molar-refractivity contribution in [1.82, 2.24) is 16.0 Å². The van der Waals surface area contributed by atoms with Crippen molar-refractivity contribution < 1.29 is 14.3 Å². The van der Waals surface area contributed by atoms with E-state index in [2.05, 4.69) is 20.9 Å². The van der Waals surface area contributed by atoms with Gasteiger partial charge in [0, 0.05) is 45.3 Å². The summed E-state index contributed by atoms with van der Waals surface area (Å²) in [6, 6.07) is 8.01. The molecule has 0 spiro atoms. The van der Waals surface area contributed by atoms with E-state index in [-0.39, 0.29) is 5.91 Å². The van der Waals surface area contributed by atoms with Gasteiger partial charge < -0.3 is 25.6 Å². The Balaban J connectivity index is 1.66. The molecule has 1 aliphatic heterocycles. The molecule has 1 heterocycles. The largest absolute Gasteiger partial charge is 0.444 e. The number of aliphatic imine (C=N–C) groups is 1. The minimum Gasteiger partial charge on any atom is -0.444 e. The molecule has 160 valence electrons. The summed E-state index contributed by atoms with van der Waals surface area (Å²) in [7, 11) is 1.72. The second-order valence-electron chi connectivity index (χ2n) is 7.95. The van der Waals surface area contributed by atoms with Gasteiger partial charge in [-0.15, -0.1) is 0 Å². The molecule has 3 N–H and O–H groups in total. The molecule has 0 aliphatic carbocycles. The molecule has 0 atom stereocenters. The average Bonchev–Trinajstić information content (AvgIpc) is 3.09. The van der Waals surface area contributed by atoms with Crippen molar-refractivity contribution in [2.45, 2.75) is 52.2 Å². The number of nitrogens with zero attached hydrogens (tertiary/aromatic N) is 2. The van der Waals surface area contributed by atoms with Crippen LogP contribution in [-0.2, 0) is 16.1 Å². The van der Waals surface area contributed by atoms with Gasteiger partial charge in [-0.05, 0) is 51.3 Å². The standard InChI is InChI=1S/C21H33N5O3/c1-21(2,3)29-20(28)24-13-6-12-23-19(22-4)25-15-16-8-10-17(11-9-16)26-14-5-7-18(26)27/h8-11H,5-7,12-15H2,1-4H3,(H,24,28)(H2,22,23,25). The molecule has 1 fully saturated rings. The summed E-state index contributed by atoms with van der Waals surface area (Å²) >= 11 is 0. The fourth-order valence-corrected chi connectivity index (χ4v) is 2.92. The summed E-state index contributed by atoms with van der Waals surface area (Å²) in [5.41, 5.74) is 1.57. The van der Waals surface area contributed by atoms with Gasteiger partial charge in [0.1, 0.15) is 5.60 Å². The minimum absolute atomic E-state index is 0.196. The van der Waals surface area contributed by atoms with Crippen molar-refractivity contribution in [3.8, 4) is 0 Å². The van der Waals surface area contributed by atoms with E-state index in [0.29, 0.717) is 32.0 Å². The van der Waals surface area contributed by atoms with Crippen LogP contribution in [0.25, 0.3) is 0 Å². The van der Waals surface area contributed by atoms with Gasteiger partial charge in [0.2, 0.25) is 5.91 Å². The van der Waals surface area contributed by atoms with E-state index < -0.39 is 11.7 Å². The summed E-state index contributed by atoms with van der Waals surface area (Å²) in [4.78, 5) is 29.4. The number of amides is 2. The van der Waals surface area contributed by atoms with Crippen molar-refractivity contribution in [3.63, 3.8) is 0 Å². The lowest BCUT2D eigenvalue weighted by Gasteiger charge is -2.19. The number of ether oxygens (including phenoxy) is 1. The fourth-order valence-electron chi connectivity index (χ4n) is 2.92. The molecule has 0 unspecified atom stereocenters. The Hall–Kier alpha value is -2.77. The predicted molar refractivity (Wildman–Crippen MR) is 115 cm³/mol. The lowest BCUT2D eigenvalue weighted by molar-refractivity contribution is -0.117. The van der Waals surface area contributed by atoms with Gasteiger partial charge in [-0.25, -0.2) is 4.79 Å². The van der Waals surface area contributed by atoms with Gasteiger partial charge in [0.15, 0.2) is 5.96 Å². The molecule has 8 nitrogen and oxygen atoms in total. The van der Waals surface area contributed by atoms with Gasteiger partial charge in [-0.3, -0.25) is 9.79 Å². The number of carbonyl (C=O) groups excluding carboxylic acids is 2. The number of alkyl carbamates (subject to hydrolysis) is 1. The molecule has 1 saturated heterocycles. The zero-order chi connectivity index (χ0) is 21.3. The first-order valence-corrected chi connectivity index (χ1v) is 10.1. The number of carbonyl (C=O) groups is 2. The number of anilines is 1. The molecule has 0 bridgehead atoms. The Morgan fingerprint density at radius 2 is 1.83 bits per heavy atom. The fraction of sp³-hybridized carbons (Fsp3) is 0.571. The molecule has 8 heteroatoms. The summed E-state index contributed by atoms with van der Waals surface area (Å²) < 4.78 is 5.19. The summed E-state index contributed by atoms with van der Waals surface area (Å²) in [5, 5.41) is 9.21. The molecule has 1 aromatic rings. The SMILES string of the molecule is CN=C(NCCCNC(=O)OC(C)(C)C)NCc1ccc(N2CCCC2=O)cc1. The zero-order valence-corrected chi connectivity index (χ0v) is 17.9. The van der Waals surface area contributed by atoms with Crippen LogP contribution in [0.3, 0.4) is 0 Å². The maximum absolute atomic E-state index is 11.8. The van der Waals surface area contributed by atoms with Gasteiger partial charge >= 0.3 is 6.09 Å².